The Morgan fingerprint density at radius 1 is 1.32 bits per heavy atom. The molecule has 0 bridgehead atoms. The van der Waals surface area contributed by atoms with E-state index in [0.29, 0.717) is 12.5 Å². The molecule has 1 aromatic rings. The van der Waals surface area contributed by atoms with E-state index in [-0.39, 0.29) is 16.7 Å². The Hall–Kier alpha value is -1.44. The van der Waals surface area contributed by atoms with Crippen molar-refractivity contribution in [1.29, 1.82) is 0 Å². The highest BCUT2D eigenvalue weighted by Crippen LogP contribution is 2.17. The summed E-state index contributed by atoms with van der Waals surface area (Å²) in [5.41, 5.74) is 0.880. The zero-order valence-electron chi connectivity index (χ0n) is 13.2. The standard InChI is InChI=1S/C15H23N3O3S/c1-11(13-9-16-10-13)15(19)17-8-12-4-6-14(7-5-12)22(20,21)18(2)3/h4-7,11,13,16H,8-10H2,1-3H3,(H,17,19). The quantitative estimate of drug-likeness (QED) is 0.794. The highest BCUT2D eigenvalue weighted by molar-refractivity contribution is 7.89. The number of rotatable bonds is 6. The fourth-order valence-corrected chi connectivity index (χ4v) is 3.12. The number of benzene rings is 1. The number of hydrogen-bond acceptors (Lipinski definition) is 4. The molecule has 1 unspecified atom stereocenters. The molecule has 22 heavy (non-hydrogen) atoms. The molecule has 1 aliphatic rings. The van der Waals surface area contributed by atoms with Crippen LogP contribution in [0.15, 0.2) is 29.2 Å². The Morgan fingerprint density at radius 2 is 1.91 bits per heavy atom. The third kappa shape index (κ3) is 3.66. The molecule has 1 aromatic carbocycles. The summed E-state index contributed by atoms with van der Waals surface area (Å²) in [6.07, 6.45) is 0. The van der Waals surface area contributed by atoms with Crippen molar-refractivity contribution in [3.63, 3.8) is 0 Å². The molecule has 7 heteroatoms. The lowest BCUT2D eigenvalue weighted by Gasteiger charge is -2.31. The highest BCUT2D eigenvalue weighted by atomic mass is 32.2. The van der Waals surface area contributed by atoms with E-state index in [1.54, 1.807) is 24.3 Å². The molecular weight excluding hydrogens is 302 g/mol. The third-order valence-electron chi connectivity index (χ3n) is 4.10. The van der Waals surface area contributed by atoms with Crippen LogP contribution >= 0.6 is 0 Å². The van der Waals surface area contributed by atoms with Crippen LogP contribution in [-0.2, 0) is 21.4 Å². The minimum Gasteiger partial charge on any atom is -0.352 e. The van der Waals surface area contributed by atoms with Gasteiger partial charge in [0.2, 0.25) is 15.9 Å². The van der Waals surface area contributed by atoms with Crippen molar-refractivity contribution in [1.82, 2.24) is 14.9 Å². The van der Waals surface area contributed by atoms with Crippen molar-refractivity contribution >= 4 is 15.9 Å². The number of carbonyl (C=O) groups excluding carboxylic acids is 1. The SMILES string of the molecule is CC(C(=O)NCc1ccc(S(=O)(=O)N(C)C)cc1)C1CNC1. The van der Waals surface area contributed by atoms with E-state index in [4.69, 9.17) is 0 Å². The van der Waals surface area contributed by atoms with Crippen LogP contribution in [0, 0.1) is 11.8 Å². The Kier molecular flexibility index (Phi) is 5.20. The first-order valence-corrected chi connectivity index (χ1v) is 8.76. The van der Waals surface area contributed by atoms with Crippen molar-refractivity contribution < 1.29 is 13.2 Å². The summed E-state index contributed by atoms with van der Waals surface area (Å²) < 4.78 is 25.1. The van der Waals surface area contributed by atoms with Gasteiger partial charge in [-0.3, -0.25) is 4.79 Å². The molecular formula is C15H23N3O3S. The van der Waals surface area contributed by atoms with Crippen LogP contribution in [0.25, 0.3) is 0 Å². The van der Waals surface area contributed by atoms with Gasteiger partial charge in [-0.25, -0.2) is 12.7 Å². The minimum atomic E-state index is -3.41. The van der Waals surface area contributed by atoms with Gasteiger partial charge in [-0.2, -0.15) is 0 Å². The van der Waals surface area contributed by atoms with Gasteiger partial charge in [-0.1, -0.05) is 19.1 Å². The molecule has 122 valence electrons. The van der Waals surface area contributed by atoms with Crippen molar-refractivity contribution in [2.45, 2.75) is 18.4 Å². The maximum Gasteiger partial charge on any atom is 0.242 e. The second kappa shape index (κ2) is 6.76. The van der Waals surface area contributed by atoms with Gasteiger partial charge in [-0.15, -0.1) is 0 Å². The van der Waals surface area contributed by atoms with Crippen LogP contribution in [0.2, 0.25) is 0 Å². The maximum absolute atomic E-state index is 12.0. The Bertz CT molecular complexity index is 622. The van der Waals surface area contributed by atoms with Crippen LogP contribution in [0.1, 0.15) is 12.5 Å². The number of sulfonamides is 1. The second-order valence-electron chi connectivity index (χ2n) is 5.86. The van der Waals surface area contributed by atoms with Gasteiger partial charge in [0.1, 0.15) is 0 Å². The van der Waals surface area contributed by atoms with Gasteiger partial charge in [0, 0.05) is 26.6 Å². The Morgan fingerprint density at radius 3 is 2.36 bits per heavy atom. The van der Waals surface area contributed by atoms with E-state index < -0.39 is 10.0 Å². The van der Waals surface area contributed by atoms with Crippen LogP contribution in [0.3, 0.4) is 0 Å². The average molecular weight is 325 g/mol. The lowest BCUT2D eigenvalue weighted by atomic mass is 9.88. The zero-order valence-corrected chi connectivity index (χ0v) is 14.0. The van der Waals surface area contributed by atoms with Crippen molar-refractivity contribution in [2.24, 2.45) is 11.8 Å². The largest absolute Gasteiger partial charge is 0.352 e. The van der Waals surface area contributed by atoms with Crippen LogP contribution < -0.4 is 10.6 Å². The first kappa shape index (κ1) is 16.9. The first-order chi connectivity index (χ1) is 10.3. The van der Waals surface area contributed by atoms with Crippen LogP contribution in [0.4, 0.5) is 0 Å². The summed E-state index contributed by atoms with van der Waals surface area (Å²) in [4.78, 5) is 12.3. The van der Waals surface area contributed by atoms with E-state index in [9.17, 15) is 13.2 Å². The van der Waals surface area contributed by atoms with Crippen LogP contribution in [0.5, 0.6) is 0 Å². The Balaban J connectivity index is 1.93. The molecule has 1 aliphatic heterocycles. The van der Waals surface area contributed by atoms with Gasteiger partial charge >= 0.3 is 0 Å². The summed E-state index contributed by atoms with van der Waals surface area (Å²) in [5.74, 6) is 0.443. The molecule has 0 aromatic heterocycles. The summed E-state index contributed by atoms with van der Waals surface area (Å²) in [7, 11) is -0.406. The van der Waals surface area contributed by atoms with Gasteiger partial charge in [0.05, 0.1) is 4.90 Å². The highest BCUT2D eigenvalue weighted by Gasteiger charge is 2.28. The van der Waals surface area contributed by atoms with E-state index in [2.05, 4.69) is 10.6 Å². The predicted octanol–water partition coefficient (Wildman–Crippen LogP) is 0.409. The number of nitrogens with zero attached hydrogens (tertiary/aromatic N) is 1. The van der Waals surface area contributed by atoms with E-state index >= 15 is 0 Å². The average Bonchev–Trinajstić information content (AvgIpc) is 2.43. The normalized spacial score (nSPS) is 17.1. The fraction of sp³-hybridized carbons (Fsp3) is 0.533. The van der Waals surface area contributed by atoms with Gasteiger partial charge in [0.15, 0.2) is 0 Å². The molecule has 0 aliphatic carbocycles. The predicted molar refractivity (Wildman–Crippen MR) is 84.7 cm³/mol. The minimum absolute atomic E-state index is 0.00496. The monoisotopic (exact) mass is 325 g/mol. The van der Waals surface area contributed by atoms with Gasteiger partial charge in [0.25, 0.3) is 0 Å². The summed E-state index contributed by atoms with van der Waals surface area (Å²) >= 11 is 0. The third-order valence-corrected chi connectivity index (χ3v) is 5.93. The number of carbonyl (C=O) groups is 1. The van der Waals surface area contributed by atoms with Gasteiger partial charge < -0.3 is 10.6 Å². The zero-order chi connectivity index (χ0) is 16.3. The summed E-state index contributed by atoms with van der Waals surface area (Å²) in [6.45, 7) is 4.14. The van der Waals surface area contributed by atoms with Crippen molar-refractivity contribution in [3.8, 4) is 0 Å². The maximum atomic E-state index is 12.0. The number of amides is 1. The van der Waals surface area contributed by atoms with Crippen molar-refractivity contribution in [2.75, 3.05) is 27.2 Å². The van der Waals surface area contributed by atoms with E-state index in [1.165, 1.54) is 18.4 Å². The van der Waals surface area contributed by atoms with E-state index in [1.807, 2.05) is 6.92 Å². The fourth-order valence-electron chi connectivity index (χ4n) is 2.22. The van der Waals surface area contributed by atoms with E-state index in [0.717, 1.165) is 18.7 Å². The molecule has 2 rings (SSSR count). The number of nitrogens with one attached hydrogen (secondary N) is 2. The molecule has 1 heterocycles. The lowest BCUT2D eigenvalue weighted by molar-refractivity contribution is -0.126. The molecule has 0 saturated carbocycles. The van der Waals surface area contributed by atoms with Crippen molar-refractivity contribution in [3.05, 3.63) is 29.8 Å². The second-order valence-corrected chi connectivity index (χ2v) is 8.01. The lowest BCUT2D eigenvalue weighted by Crippen LogP contribution is -2.49. The number of hydrogen-bond donors (Lipinski definition) is 2. The van der Waals surface area contributed by atoms with Gasteiger partial charge in [-0.05, 0) is 36.7 Å². The molecule has 1 amide bonds. The molecule has 1 atom stereocenters. The van der Waals surface area contributed by atoms with Crippen LogP contribution in [-0.4, -0.2) is 45.8 Å². The summed E-state index contributed by atoms with van der Waals surface area (Å²) in [5, 5.41) is 6.06. The molecule has 6 nitrogen and oxygen atoms in total. The molecule has 0 radical (unpaired) electrons. The first-order valence-electron chi connectivity index (χ1n) is 7.32. The molecule has 0 spiro atoms. The molecule has 1 saturated heterocycles. The summed E-state index contributed by atoms with van der Waals surface area (Å²) in [6, 6.07) is 6.59. The smallest absolute Gasteiger partial charge is 0.242 e. The molecule has 1 fully saturated rings. The Labute approximate surface area is 131 Å². The topological polar surface area (TPSA) is 78.5 Å². The molecule has 2 N–H and O–H groups in total.